The van der Waals surface area contributed by atoms with Gasteiger partial charge in [-0.2, -0.15) is 0 Å². The van der Waals surface area contributed by atoms with Crippen molar-refractivity contribution in [2.24, 2.45) is 0 Å². The van der Waals surface area contributed by atoms with E-state index in [4.69, 9.17) is 0 Å². The number of piperazine rings is 1. The molecule has 1 aromatic heterocycles. The lowest BCUT2D eigenvalue weighted by Gasteiger charge is -2.35. The van der Waals surface area contributed by atoms with Crippen LogP contribution in [-0.2, 0) is 0 Å². The van der Waals surface area contributed by atoms with E-state index in [2.05, 4.69) is 15.0 Å². The summed E-state index contributed by atoms with van der Waals surface area (Å²) in [6, 6.07) is 25.9. The van der Waals surface area contributed by atoms with Crippen LogP contribution < -0.4 is 4.90 Å². The van der Waals surface area contributed by atoms with Crippen molar-refractivity contribution in [3.05, 3.63) is 96.6 Å². The van der Waals surface area contributed by atoms with Crippen LogP contribution in [0.4, 0.5) is 10.1 Å². The molecule has 160 valence electrons. The molecule has 0 atom stereocenters. The van der Waals surface area contributed by atoms with Crippen LogP contribution >= 0.6 is 0 Å². The van der Waals surface area contributed by atoms with E-state index in [1.54, 1.807) is 21.7 Å². The summed E-state index contributed by atoms with van der Waals surface area (Å²) in [6.45, 7) is 2.44. The van der Waals surface area contributed by atoms with Crippen LogP contribution in [-0.4, -0.2) is 51.8 Å². The second-order valence-electron chi connectivity index (χ2n) is 7.63. The molecule has 1 fully saturated rings. The highest BCUT2D eigenvalue weighted by atomic mass is 19.1. The summed E-state index contributed by atoms with van der Waals surface area (Å²) in [6.07, 6.45) is 0. The summed E-state index contributed by atoms with van der Waals surface area (Å²) in [5.74, 6) is 0.375. The van der Waals surface area contributed by atoms with Gasteiger partial charge in [-0.05, 0) is 36.4 Å². The van der Waals surface area contributed by atoms with E-state index >= 15 is 0 Å². The average Bonchev–Trinajstić information content (AvgIpc) is 3.31. The zero-order valence-electron chi connectivity index (χ0n) is 17.4. The molecule has 0 bridgehead atoms. The fourth-order valence-electron chi connectivity index (χ4n) is 3.89. The van der Waals surface area contributed by atoms with Gasteiger partial charge in [-0.1, -0.05) is 48.5 Å². The monoisotopic (exact) mass is 427 g/mol. The SMILES string of the molecule is O=C(c1nc(-c2ccccc2)n(-c2ccccc2)n1)N1CCN(c2ccc(F)cc2)CC1. The highest BCUT2D eigenvalue weighted by molar-refractivity contribution is 5.91. The molecule has 2 heterocycles. The van der Waals surface area contributed by atoms with Crippen molar-refractivity contribution in [3.63, 3.8) is 0 Å². The third-order valence-corrected chi connectivity index (χ3v) is 5.59. The molecular weight excluding hydrogens is 405 g/mol. The van der Waals surface area contributed by atoms with Crippen LogP contribution in [0.25, 0.3) is 17.1 Å². The van der Waals surface area contributed by atoms with Gasteiger partial charge in [0, 0.05) is 37.4 Å². The summed E-state index contributed by atoms with van der Waals surface area (Å²) < 4.78 is 14.9. The predicted octanol–water partition coefficient (Wildman–Crippen LogP) is 4.04. The molecule has 32 heavy (non-hydrogen) atoms. The van der Waals surface area contributed by atoms with Gasteiger partial charge >= 0.3 is 0 Å². The first-order valence-corrected chi connectivity index (χ1v) is 10.6. The maximum Gasteiger partial charge on any atom is 0.293 e. The van der Waals surface area contributed by atoms with Crippen LogP contribution in [0.5, 0.6) is 0 Å². The number of carbonyl (C=O) groups excluding carboxylic acids is 1. The molecule has 0 radical (unpaired) electrons. The molecule has 0 saturated carbocycles. The summed E-state index contributed by atoms with van der Waals surface area (Å²) in [5.41, 5.74) is 2.69. The van der Waals surface area contributed by atoms with Gasteiger partial charge < -0.3 is 9.80 Å². The van der Waals surface area contributed by atoms with Crippen molar-refractivity contribution in [2.45, 2.75) is 0 Å². The molecule has 1 aliphatic heterocycles. The number of nitrogens with zero attached hydrogens (tertiary/aromatic N) is 5. The molecular formula is C25H22FN5O. The Morgan fingerprint density at radius 2 is 1.38 bits per heavy atom. The van der Waals surface area contributed by atoms with Crippen LogP contribution in [0.3, 0.4) is 0 Å². The van der Waals surface area contributed by atoms with E-state index in [9.17, 15) is 9.18 Å². The van der Waals surface area contributed by atoms with E-state index < -0.39 is 0 Å². The fourth-order valence-corrected chi connectivity index (χ4v) is 3.89. The first-order chi connectivity index (χ1) is 15.7. The Kier molecular flexibility index (Phi) is 5.37. The van der Waals surface area contributed by atoms with Gasteiger partial charge in [0.2, 0.25) is 5.82 Å². The van der Waals surface area contributed by atoms with Crippen molar-refractivity contribution in [2.75, 3.05) is 31.1 Å². The molecule has 7 heteroatoms. The van der Waals surface area contributed by atoms with Gasteiger partial charge in [-0.25, -0.2) is 14.1 Å². The maximum atomic E-state index is 13.2. The molecule has 1 amide bonds. The average molecular weight is 427 g/mol. The number of aromatic nitrogens is 3. The summed E-state index contributed by atoms with van der Waals surface area (Å²) in [4.78, 5) is 21.8. The Morgan fingerprint density at radius 1 is 0.750 bits per heavy atom. The standard InChI is InChI=1S/C25H22FN5O/c26-20-11-13-21(14-12-20)29-15-17-30(18-16-29)25(32)23-27-24(19-7-3-1-4-8-19)31(28-23)22-9-5-2-6-10-22/h1-14H,15-18H2. The maximum absolute atomic E-state index is 13.2. The quantitative estimate of drug-likeness (QED) is 0.493. The highest BCUT2D eigenvalue weighted by Gasteiger charge is 2.27. The number of amides is 1. The minimum absolute atomic E-state index is 0.183. The Labute approximate surface area is 185 Å². The Balaban J connectivity index is 1.38. The molecule has 0 N–H and O–H groups in total. The fraction of sp³-hybridized carbons (Fsp3) is 0.160. The lowest BCUT2D eigenvalue weighted by atomic mass is 10.2. The molecule has 0 spiro atoms. The van der Waals surface area contributed by atoms with Crippen LogP contribution in [0.15, 0.2) is 84.9 Å². The second kappa shape index (κ2) is 8.63. The second-order valence-corrected chi connectivity index (χ2v) is 7.63. The zero-order valence-corrected chi connectivity index (χ0v) is 17.4. The Hall–Kier alpha value is -4.00. The van der Waals surface area contributed by atoms with Gasteiger partial charge in [-0.3, -0.25) is 4.79 Å². The molecule has 0 aliphatic carbocycles. The van der Waals surface area contributed by atoms with Gasteiger partial charge in [0.05, 0.1) is 5.69 Å². The zero-order chi connectivity index (χ0) is 21.9. The van der Waals surface area contributed by atoms with Crippen LogP contribution in [0.2, 0.25) is 0 Å². The van der Waals surface area contributed by atoms with Gasteiger partial charge in [0.1, 0.15) is 5.82 Å². The third-order valence-electron chi connectivity index (χ3n) is 5.59. The highest BCUT2D eigenvalue weighted by Crippen LogP contribution is 2.22. The van der Waals surface area contributed by atoms with Crippen molar-refractivity contribution >= 4 is 11.6 Å². The van der Waals surface area contributed by atoms with E-state index in [1.807, 2.05) is 60.7 Å². The number of halogens is 1. The molecule has 4 aromatic rings. The van der Waals surface area contributed by atoms with Crippen molar-refractivity contribution in [1.29, 1.82) is 0 Å². The minimum Gasteiger partial charge on any atom is -0.368 e. The third kappa shape index (κ3) is 3.97. The van der Waals surface area contributed by atoms with E-state index in [0.29, 0.717) is 32.0 Å². The lowest BCUT2D eigenvalue weighted by molar-refractivity contribution is 0.0734. The minimum atomic E-state index is -0.253. The summed E-state index contributed by atoms with van der Waals surface area (Å²) >= 11 is 0. The summed E-state index contributed by atoms with van der Waals surface area (Å²) in [5, 5.41) is 4.58. The van der Waals surface area contributed by atoms with E-state index in [1.165, 1.54) is 12.1 Å². The number of rotatable bonds is 4. The molecule has 1 aliphatic rings. The summed E-state index contributed by atoms with van der Waals surface area (Å²) in [7, 11) is 0. The lowest BCUT2D eigenvalue weighted by Crippen LogP contribution is -2.49. The van der Waals surface area contributed by atoms with Crippen molar-refractivity contribution in [3.8, 4) is 17.1 Å². The van der Waals surface area contributed by atoms with Gasteiger partial charge in [-0.15, -0.1) is 5.10 Å². The Morgan fingerprint density at radius 3 is 2.03 bits per heavy atom. The smallest absolute Gasteiger partial charge is 0.293 e. The van der Waals surface area contributed by atoms with E-state index in [-0.39, 0.29) is 17.5 Å². The molecule has 0 unspecified atom stereocenters. The topological polar surface area (TPSA) is 54.3 Å². The number of benzene rings is 3. The van der Waals surface area contributed by atoms with E-state index in [0.717, 1.165) is 16.9 Å². The first-order valence-electron chi connectivity index (χ1n) is 10.6. The number of hydrogen-bond donors (Lipinski definition) is 0. The number of para-hydroxylation sites is 1. The molecule has 6 nitrogen and oxygen atoms in total. The van der Waals surface area contributed by atoms with Gasteiger partial charge in [0.25, 0.3) is 5.91 Å². The van der Waals surface area contributed by atoms with Crippen molar-refractivity contribution < 1.29 is 9.18 Å². The Bertz CT molecular complexity index is 1140. The van der Waals surface area contributed by atoms with Gasteiger partial charge in [0.15, 0.2) is 5.82 Å². The number of anilines is 1. The predicted molar refractivity (Wildman–Crippen MR) is 121 cm³/mol. The first kappa shape index (κ1) is 19.9. The number of carbonyl (C=O) groups is 1. The normalized spacial score (nSPS) is 13.9. The largest absolute Gasteiger partial charge is 0.368 e. The number of hydrogen-bond acceptors (Lipinski definition) is 4. The van der Waals surface area contributed by atoms with Crippen molar-refractivity contribution in [1.82, 2.24) is 19.7 Å². The molecule has 3 aromatic carbocycles. The van der Waals surface area contributed by atoms with Crippen LogP contribution in [0, 0.1) is 5.82 Å². The molecule has 5 rings (SSSR count). The van der Waals surface area contributed by atoms with Crippen LogP contribution in [0.1, 0.15) is 10.6 Å². The molecule has 1 saturated heterocycles.